The fourth-order valence-electron chi connectivity index (χ4n) is 6.02. The maximum absolute atomic E-state index is 12.4. The van der Waals surface area contributed by atoms with Gasteiger partial charge in [-0.25, -0.2) is 0 Å². The number of Topliss-reactive ketones (excluding diaryl/α,β-unsaturated/α-hetero) is 2. The molecule has 0 fully saturated rings. The van der Waals surface area contributed by atoms with Crippen molar-refractivity contribution in [2.45, 2.75) is 148 Å². The predicted octanol–water partition coefficient (Wildman–Crippen LogP) is 1.37. The number of carbonyl (C=O) groups excluding carboxylic acids is 3. The first-order chi connectivity index (χ1) is 24.3. The van der Waals surface area contributed by atoms with Crippen molar-refractivity contribution in [1.29, 1.82) is 0 Å². The summed E-state index contributed by atoms with van der Waals surface area (Å²) < 4.78 is 0. The molecule has 1 aromatic rings. The molecule has 53 heavy (non-hydrogen) atoms. The van der Waals surface area contributed by atoms with E-state index < -0.39 is 43.9 Å². The van der Waals surface area contributed by atoms with E-state index in [2.05, 4.69) is 5.32 Å². The molecular formula is C38H64B2KNO11. The second kappa shape index (κ2) is 32.8. The third-order valence-electron chi connectivity index (χ3n) is 9.36. The van der Waals surface area contributed by atoms with Crippen LogP contribution in [0.5, 0.6) is 0 Å². The van der Waals surface area contributed by atoms with E-state index in [9.17, 15) is 49.2 Å². The topological polar surface area (TPSA) is 219 Å². The van der Waals surface area contributed by atoms with E-state index in [0.29, 0.717) is 32.2 Å². The minimum absolute atomic E-state index is 0. The predicted molar refractivity (Wildman–Crippen MR) is 204 cm³/mol. The molecule has 0 aromatic heterocycles. The van der Waals surface area contributed by atoms with Crippen molar-refractivity contribution in [3.05, 3.63) is 31.2 Å². The SMILES string of the molecule is C[C@@H](CCCCCC(=O)CC[C@H](CC(=O)CCCCCCCCCCCCCCCNC(=O)c1cc(B(O)O)cc(B(O)O)c1)C(=O)O)C(=O)O.[CH3-].[K+]. The Morgan fingerprint density at radius 1 is 0.585 bits per heavy atom. The summed E-state index contributed by atoms with van der Waals surface area (Å²) in [4.78, 5) is 59.5. The summed E-state index contributed by atoms with van der Waals surface area (Å²) in [6.45, 7) is 2.14. The standard InChI is InChI=1S/C37H61B2NO11.CH3.K/c1-28(36(44)45)18-14-13-16-19-33(41)22-21-29(37(46)47)26-34(42)20-15-11-9-7-5-3-2-4-6-8-10-12-17-23-40-35(43)30-24-31(38(48)49)27-32(25-30)39(50)51;;/h24-25,27-29,48-51H,2-23,26H2,1H3,(H,40,43)(H,44,45)(H,46,47);1H3;/q;-1;+1/t28-,29+;;/m0../s1. The fourth-order valence-corrected chi connectivity index (χ4v) is 6.02. The summed E-state index contributed by atoms with van der Waals surface area (Å²) in [6.07, 6.45) is 17.5. The Labute approximate surface area is 360 Å². The first-order valence-electron chi connectivity index (χ1n) is 19.0. The molecule has 7 N–H and O–H groups in total. The molecule has 1 aromatic carbocycles. The summed E-state index contributed by atoms with van der Waals surface area (Å²) >= 11 is 0. The number of aliphatic carboxylic acids is 2. The average Bonchev–Trinajstić information content (AvgIpc) is 3.08. The van der Waals surface area contributed by atoms with Crippen LogP contribution >= 0.6 is 0 Å². The molecule has 0 aliphatic heterocycles. The molecule has 0 saturated heterocycles. The van der Waals surface area contributed by atoms with Crippen LogP contribution in [0.1, 0.15) is 159 Å². The summed E-state index contributed by atoms with van der Waals surface area (Å²) in [5.41, 5.74) is 0.153. The van der Waals surface area contributed by atoms with Gasteiger partial charge in [-0.1, -0.05) is 96.5 Å². The molecule has 1 rings (SSSR count). The van der Waals surface area contributed by atoms with E-state index in [0.717, 1.165) is 77.0 Å². The van der Waals surface area contributed by atoms with Gasteiger partial charge in [-0.15, -0.1) is 0 Å². The largest absolute Gasteiger partial charge is 1.00 e. The summed E-state index contributed by atoms with van der Waals surface area (Å²) in [5.74, 6) is -3.55. The molecule has 294 valence electrons. The van der Waals surface area contributed by atoms with Crippen LogP contribution in [0.4, 0.5) is 0 Å². The van der Waals surface area contributed by atoms with Gasteiger partial charge in [-0.2, -0.15) is 0 Å². The number of benzene rings is 1. The molecular weight excluding hydrogens is 707 g/mol. The van der Waals surface area contributed by atoms with Crippen LogP contribution in [0.25, 0.3) is 0 Å². The molecule has 0 saturated carbocycles. The molecule has 12 nitrogen and oxygen atoms in total. The van der Waals surface area contributed by atoms with Crippen molar-refractivity contribution < 1.29 is 106 Å². The molecule has 0 radical (unpaired) electrons. The van der Waals surface area contributed by atoms with Crippen molar-refractivity contribution in [1.82, 2.24) is 5.32 Å². The Balaban J connectivity index is 0. The monoisotopic (exact) mass is 771 g/mol. The Morgan fingerprint density at radius 3 is 1.47 bits per heavy atom. The first-order valence-corrected chi connectivity index (χ1v) is 19.0. The van der Waals surface area contributed by atoms with Crippen LogP contribution in [0.3, 0.4) is 0 Å². The van der Waals surface area contributed by atoms with Gasteiger partial charge in [0.2, 0.25) is 0 Å². The molecule has 15 heteroatoms. The third-order valence-corrected chi connectivity index (χ3v) is 9.36. The van der Waals surface area contributed by atoms with Crippen molar-refractivity contribution in [2.75, 3.05) is 6.54 Å². The average molecular weight is 772 g/mol. The summed E-state index contributed by atoms with van der Waals surface area (Å²) in [7, 11) is -3.65. The molecule has 0 aliphatic carbocycles. The van der Waals surface area contributed by atoms with Crippen molar-refractivity contribution in [2.24, 2.45) is 11.8 Å². The number of carbonyl (C=O) groups is 5. The third kappa shape index (κ3) is 26.9. The van der Waals surface area contributed by atoms with Crippen LogP contribution in [-0.4, -0.2) is 80.5 Å². The van der Waals surface area contributed by atoms with E-state index in [4.69, 9.17) is 5.11 Å². The van der Waals surface area contributed by atoms with Gasteiger partial charge >= 0.3 is 77.6 Å². The van der Waals surface area contributed by atoms with Crippen LogP contribution < -0.4 is 67.6 Å². The number of hydrogen-bond donors (Lipinski definition) is 7. The summed E-state index contributed by atoms with van der Waals surface area (Å²) in [6, 6.07) is 3.85. The maximum Gasteiger partial charge on any atom is 1.00 e. The smallest absolute Gasteiger partial charge is 0.481 e. The van der Waals surface area contributed by atoms with Gasteiger partial charge in [0, 0.05) is 37.8 Å². The second-order valence-electron chi connectivity index (χ2n) is 13.9. The van der Waals surface area contributed by atoms with E-state index in [1.165, 1.54) is 37.5 Å². The Hall–Kier alpha value is -1.42. The normalized spacial score (nSPS) is 11.8. The summed E-state index contributed by atoms with van der Waals surface area (Å²) in [5, 5.41) is 58.8. The van der Waals surface area contributed by atoms with Gasteiger partial charge in [0.1, 0.15) is 11.6 Å². The Kier molecular flexibility index (Phi) is 33.2. The zero-order valence-corrected chi connectivity index (χ0v) is 35.7. The molecule has 2 atom stereocenters. The molecule has 0 bridgehead atoms. The zero-order valence-electron chi connectivity index (χ0n) is 32.5. The first kappa shape index (κ1) is 53.7. The number of unbranched alkanes of at least 4 members (excludes halogenated alkanes) is 14. The second-order valence-corrected chi connectivity index (χ2v) is 13.9. The van der Waals surface area contributed by atoms with Gasteiger partial charge in [0.25, 0.3) is 5.91 Å². The molecule has 0 aliphatic rings. The molecule has 0 spiro atoms. The van der Waals surface area contributed by atoms with E-state index in [1.54, 1.807) is 6.92 Å². The number of carboxylic acids is 2. The van der Waals surface area contributed by atoms with Crippen molar-refractivity contribution in [3.8, 4) is 0 Å². The van der Waals surface area contributed by atoms with E-state index >= 15 is 0 Å². The minimum Gasteiger partial charge on any atom is -0.481 e. The Morgan fingerprint density at radius 2 is 1.02 bits per heavy atom. The van der Waals surface area contributed by atoms with Crippen LogP contribution in [0.2, 0.25) is 0 Å². The zero-order chi connectivity index (χ0) is 38.0. The van der Waals surface area contributed by atoms with Crippen LogP contribution in [0.15, 0.2) is 18.2 Å². The van der Waals surface area contributed by atoms with Gasteiger partial charge in [0.15, 0.2) is 0 Å². The number of amides is 1. The minimum atomic E-state index is -1.83. The molecule has 1 amide bonds. The van der Waals surface area contributed by atoms with Gasteiger partial charge in [-0.05, 0) is 55.2 Å². The fraction of sp³-hybridized carbons (Fsp3) is 0.684. The van der Waals surface area contributed by atoms with Gasteiger partial charge in [0.05, 0.1) is 11.8 Å². The van der Waals surface area contributed by atoms with Crippen molar-refractivity contribution >= 4 is 54.6 Å². The van der Waals surface area contributed by atoms with Gasteiger partial charge in [-0.3, -0.25) is 24.0 Å². The quantitative estimate of drug-likeness (QED) is 0.0315. The Bertz CT molecular complexity index is 1180. The van der Waals surface area contributed by atoms with Gasteiger partial charge < -0.3 is 43.1 Å². The molecule has 0 unspecified atom stereocenters. The maximum atomic E-state index is 12.4. The number of rotatable bonds is 32. The number of hydrogen-bond acceptors (Lipinski definition) is 9. The molecule has 0 heterocycles. The number of carboxylic acid groups (broad SMARTS) is 2. The van der Waals surface area contributed by atoms with Crippen molar-refractivity contribution in [3.63, 3.8) is 0 Å². The van der Waals surface area contributed by atoms with E-state index in [1.807, 2.05) is 0 Å². The van der Waals surface area contributed by atoms with Crippen LogP contribution in [-0.2, 0) is 19.2 Å². The number of ketones is 2. The van der Waals surface area contributed by atoms with Crippen LogP contribution in [0, 0.1) is 19.3 Å². The van der Waals surface area contributed by atoms with E-state index in [-0.39, 0.29) is 106 Å². The number of nitrogens with one attached hydrogen (secondary N) is 1.